The van der Waals surface area contributed by atoms with Crippen molar-refractivity contribution in [1.82, 2.24) is 30.2 Å². The van der Waals surface area contributed by atoms with Gasteiger partial charge in [-0.25, -0.2) is 33.4 Å². The van der Waals surface area contributed by atoms with Crippen molar-refractivity contribution in [1.29, 1.82) is 0 Å². The maximum Gasteiger partial charge on any atom is 0.481 e. The summed E-state index contributed by atoms with van der Waals surface area (Å²) in [5, 5.41) is 36.6. The molecule has 342 valence electrons. The molecule has 12 N–H and O–H groups in total. The average molecular weight is 959 g/mol. The van der Waals surface area contributed by atoms with Crippen LogP contribution in [0.15, 0.2) is 36.9 Å². The Morgan fingerprint density at radius 1 is 1.00 bits per heavy atom. The standard InChI is InChI=1S/C30H41N8O20P3S/c1-30(2,22(41)25(42)33-8-7-18(39)32-9-10-62-29(46)26(43)37-16-6-4-3-5-15(16)28(44)45)12-55-61(52,53)58-60(50,51)54-11-17-21(57-59(47,48)49)20(40)27(56-17)38-14-36-19-23(31)34-13-35-24(19)38/h3-6,13-14,17,20-22,27,40-41H,7-12H2,1-2H3,(H,32,39)(H,33,42)(H,37,43)(H,44,45)(H,50,51)(H,52,53)(H2,31,34,35)(H2,47,48,49). The van der Waals surface area contributed by atoms with Crippen LogP contribution in [0.3, 0.4) is 0 Å². The molecular formula is C30H41N8O20P3S. The molecule has 1 aromatic carbocycles. The number of nitrogen functional groups attached to an aromatic ring is 1. The van der Waals surface area contributed by atoms with Crippen LogP contribution in [0.2, 0.25) is 0 Å². The molecular weight excluding hydrogens is 917 g/mol. The van der Waals surface area contributed by atoms with Crippen molar-refractivity contribution in [3.8, 4) is 0 Å². The van der Waals surface area contributed by atoms with E-state index >= 15 is 0 Å². The van der Waals surface area contributed by atoms with Crippen LogP contribution in [0.5, 0.6) is 0 Å². The highest BCUT2D eigenvalue weighted by atomic mass is 32.2. The molecule has 1 aliphatic heterocycles. The van der Waals surface area contributed by atoms with Crippen LogP contribution in [0.1, 0.15) is 36.9 Å². The van der Waals surface area contributed by atoms with Gasteiger partial charge in [-0.05, 0) is 12.1 Å². The molecule has 32 heteroatoms. The molecule has 3 heterocycles. The number of aromatic nitrogens is 4. The topological polar surface area (TPSA) is 430 Å². The maximum absolute atomic E-state index is 12.7. The lowest BCUT2D eigenvalue weighted by molar-refractivity contribution is -0.137. The van der Waals surface area contributed by atoms with Crippen LogP contribution in [-0.2, 0) is 55.5 Å². The minimum atomic E-state index is -5.62. The van der Waals surface area contributed by atoms with Gasteiger partial charge in [0.1, 0.15) is 36.3 Å². The molecule has 28 nitrogen and oxygen atoms in total. The number of nitrogens with one attached hydrogen (secondary N) is 3. The highest BCUT2D eigenvalue weighted by Crippen LogP contribution is 2.61. The predicted octanol–water partition coefficient (Wildman–Crippen LogP) is -0.998. The number of aliphatic hydroxyl groups excluding tert-OH is 2. The van der Waals surface area contributed by atoms with Gasteiger partial charge in [0.15, 0.2) is 17.7 Å². The fourth-order valence-corrected chi connectivity index (χ4v) is 8.69. The summed E-state index contributed by atoms with van der Waals surface area (Å²) in [4.78, 5) is 111. The Bertz CT molecular complexity index is 2300. The maximum atomic E-state index is 12.7. The molecule has 1 aliphatic rings. The number of imidazole rings is 1. The molecule has 0 radical (unpaired) electrons. The first kappa shape index (κ1) is 50.4. The first-order chi connectivity index (χ1) is 28.8. The van der Waals surface area contributed by atoms with Crippen LogP contribution in [0, 0.1) is 5.41 Å². The molecule has 4 rings (SSSR count). The molecule has 2 aromatic heterocycles. The second-order valence-electron chi connectivity index (χ2n) is 13.5. The number of hydrogen-bond donors (Lipinski definition) is 11. The lowest BCUT2D eigenvalue weighted by atomic mass is 9.87. The number of benzene rings is 1. The fourth-order valence-electron chi connectivity index (χ4n) is 5.29. The number of phosphoric ester groups is 3. The number of hydrogen-bond acceptors (Lipinski definition) is 20. The number of nitrogens with zero attached hydrogens (tertiary/aromatic N) is 4. The van der Waals surface area contributed by atoms with E-state index < -0.39 is 102 Å². The molecule has 7 unspecified atom stereocenters. The molecule has 62 heavy (non-hydrogen) atoms. The van der Waals surface area contributed by atoms with Gasteiger partial charge in [-0.15, -0.1) is 0 Å². The third-order valence-corrected chi connectivity index (χ3v) is 12.3. The average Bonchev–Trinajstić information content (AvgIpc) is 3.74. The number of carbonyl (C=O) groups is 5. The predicted molar refractivity (Wildman–Crippen MR) is 209 cm³/mol. The van der Waals surface area contributed by atoms with E-state index in [9.17, 15) is 72.6 Å². The van der Waals surface area contributed by atoms with Crippen LogP contribution in [0.4, 0.5) is 11.5 Å². The van der Waals surface area contributed by atoms with Crippen molar-refractivity contribution in [2.75, 3.05) is 43.1 Å². The van der Waals surface area contributed by atoms with E-state index in [1.807, 2.05) is 0 Å². The van der Waals surface area contributed by atoms with Crippen molar-refractivity contribution in [3.63, 3.8) is 0 Å². The number of rotatable bonds is 21. The SMILES string of the molecule is CC(C)(COP(=O)(O)OP(=O)(O)OCC1OC(n2cnc3c(N)ncnc32)C(O)C1OP(=O)(O)O)C(O)C(=O)NCCC(=O)NCCSC(=O)C(=O)Nc1ccccc1C(=O)O. The van der Waals surface area contributed by atoms with Crippen LogP contribution in [-0.4, -0.2) is 140 Å². The number of nitrogens with two attached hydrogens (primary N) is 1. The van der Waals surface area contributed by atoms with Crippen LogP contribution >= 0.6 is 35.2 Å². The summed E-state index contributed by atoms with van der Waals surface area (Å²) >= 11 is 0.552. The van der Waals surface area contributed by atoms with Gasteiger partial charge in [-0.3, -0.25) is 37.3 Å². The van der Waals surface area contributed by atoms with Crippen molar-refractivity contribution >= 4 is 86.7 Å². The number of para-hydroxylation sites is 1. The van der Waals surface area contributed by atoms with Gasteiger partial charge in [0.2, 0.25) is 11.8 Å². The first-order valence-corrected chi connectivity index (χ1v) is 23.0. The highest BCUT2D eigenvalue weighted by molar-refractivity contribution is 8.15. The van der Waals surface area contributed by atoms with Crippen molar-refractivity contribution in [2.24, 2.45) is 5.41 Å². The minimum Gasteiger partial charge on any atom is -0.478 e. The zero-order valence-electron chi connectivity index (χ0n) is 32.1. The number of aliphatic hydroxyl groups is 2. The van der Waals surface area contributed by atoms with Gasteiger partial charge < -0.3 is 61.3 Å². The van der Waals surface area contributed by atoms with Gasteiger partial charge in [0.25, 0.3) is 5.12 Å². The van der Waals surface area contributed by atoms with E-state index in [0.29, 0.717) is 11.8 Å². The molecule has 3 aromatic rings. The number of carboxylic acid groups (broad SMARTS) is 1. The van der Waals surface area contributed by atoms with Crippen molar-refractivity contribution in [3.05, 3.63) is 42.5 Å². The summed E-state index contributed by atoms with van der Waals surface area (Å²) in [6.07, 6.45) is -7.28. The van der Waals surface area contributed by atoms with Gasteiger partial charge >= 0.3 is 35.3 Å². The van der Waals surface area contributed by atoms with Crippen molar-refractivity contribution < 1.29 is 95.2 Å². The fraction of sp³-hybridized carbons (Fsp3) is 0.467. The number of phosphoric acid groups is 3. The number of anilines is 2. The van der Waals surface area contributed by atoms with E-state index in [1.54, 1.807) is 0 Å². The smallest absolute Gasteiger partial charge is 0.478 e. The number of fused-ring (bicyclic) bond motifs is 1. The quantitative estimate of drug-likeness (QED) is 0.0346. The molecule has 0 aliphatic carbocycles. The summed E-state index contributed by atoms with van der Waals surface area (Å²) in [7, 11) is -16.5. The summed E-state index contributed by atoms with van der Waals surface area (Å²) < 4.78 is 62.1. The van der Waals surface area contributed by atoms with Gasteiger partial charge in [0, 0.05) is 30.7 Å². The number of ether oxygens (including phenoxy) is 1. The van der Waals surface area contributed by atoms with Gasteiger partial charge in [0.05, 0.1) is 30.8 Å². The Labute approximate surface area is 353 Å². The van der Waals surface area contributed by atoms with Crippen molar-refractivity contribution in [2.45, 2.75) is 50.9 Å². The Morgan fingerprint density at radius 3 is 2.35 bits per heavy atom. The summed E-state index contributed by atoms with van der Waals surface area (Å²) in [6, 6.07) is 5.45. The summed E-state index contributed by atoms with van der Waals surface area (Å²) in [6.45, 7) is -0.0953. The first-order valence-electron chi connectivity index (χ1n) is 17.5. The summed E-state index contributed by atoms with van der Waals surface area (Å²) in [5.74, 6) is -4.15. The molecule has 7 atom stereocenters. The van der Waals surface area contributed by atoms with E-state index in [4.69, 9.17) is 19.5 Å². The third kappa shape index (κ3) is 14.1. The van der Waals surface area contributed by atoms with Crippen LogP contribution in [0.25, 0.3) is 11.2 Å². The molecule has 1 saturated heterocycles. The van der Waals surface area contributed by atoms with E-state index in [-0.39, 0.29) is 53.5 Å². The zero-order valence-corrected chi connectivity index (χ0v) is 35.6. The Kier molecular flexibility index (Phi) is 17.0. The molecule has 0 bridgehead atoms. The molecule has 0 saturated carbocycles. The Balaban J connectivity index is 1.20. The van der Waals surface area contributed by atoms with E-state index in [1.165, 1.54) is 38.1 Å². The molecule has 0 spiro atoms. The number of thioether (sulfide) groups is 1. The van der Waals surface area contributed by atoms with Crippen LogP contribution < -0.4 is 21.7 Å². The minimum absolute atomic E-state index is 0.0101. The van der Waals surface area contributed by atoms with E-state index in [0.717, 1.165) is 17.2 Å². The number of amides is 3. The highest BCUT2D eigenvalue weighted by Gasteiger charge is 2.50. The number of carboxylic acids is 1. The molecule has 1 fully saturated rings. The lowest BCUT2D eigenvalue weighted by Crippen LogP contribution is -2.46. The van der Waals surface area contributed by atoms with Gasteiger partial charge in [-0.1, -0.05) is 37.7 Å². The Hall–Kier alpha value is -4.28. The molecule has 3 amide bonds. The zero-order chi connectivity index (χ0) is 46.2. The third-order valence-electron chi connectivity index (χ3n) is 8.33. The lowest BCUT2D eigenvalue weighted by Gasteiger charge is -2.30. The second-order valence-corrected chi connectivity index (χ2v) is 18.8. The van der Waals surface area contributed by atoms with Gasteiger partial charge in [-0.2, -0.15) is 4.31 Å². The summed E-state index contributed by atoms with van der Waals surface area (Å²) in [5.41, 5.74) is 3.85. The number of aromatic carboxylic acids is 1. The Morgan fingerprint density at radius 2 is 1.68 bits per heavy atom. The second kappa shape index (κ2) is 20.9. The number of carbonyl (C=O) groups excluding carboxylic acids is 4. The largest absolute Gasteiger partial charge is 0.481 e. The van der Waals surface area contributed by atoms with E-state index in [2.05, 4.69) is 39.7 Å². The normalized spacial score (nSPS) is 20.5. The monoisotopic (exact) mass is 958 g/mol.